The smallest absolute Gasteiger partial charge is 0.254 e. The molecule has 1 aromatic carbocycles. The topological polar surface area (TPSA) is 103 Å². The number of hydrogen-bond donors (Lipinski definition) is 1. The van der Waals surface area contributed by atoms with E-state index in [1.165, 1.54) is 11.8 Å². The van der Waals surface area contributed by atoms with Gasteiger partial charge >= 0.3 is 0 Å². The van der Waals surface area contributed by atoms with Gasteiger partial charge in [0, 0.05) is 29.3 Å². The van der Waals surface area contributed by atoms with Gasteiger partial charge in [-0.15, -0.1) is 0 Å². The number of fused-ring (bicyclic) bond motifs is 1. The molecule has 0 aliphatic carbocycles. The van der Waals surface area contributed by atoms with Crippen molar-refractivity contribution in [1.82, 2.24) is 25.0 Å². The van der Waals surface area contributed by atoms with Crippen molar-refractivity contribution in [2.45, 2.75) is 44.4 Å². The van der Waals surface area contributed by atoms with Crippen molar-refractivity contribution in [3.8, 4) is 11.4 Å². The third-order valence-electron chi connectivity index (χ3n) is 4.84. The lowest BCUT2D eigenvalue weighted by atomic mass is 9.92. The molecular formula is C21H23N5O3S. The van der Waals surface area contributed by atoms with Crippen molar-refractivity contribution in [3.05, 3.63) is 58.3 Å². The SMILES string of the molecule is CC(C)(C)c1cc(=O)n2c(n1)SC[C@@H](C(=O)NCc1nc(-c3ccccc3)no1)C2. The van der Waals surface area contributed by atoms with Crippen molar-refractivity contribution >= 4 is 17.7 Å². The van der Waals surface area contributed by atoms with Crippen molar-refractivity contribution in [1.29, 1.82) is 0 Å². The number of aromatic nitrogens is 4. The average molecular weight is 426 g/mol. The first-order valence-electron chi connectivity index (χ1n) is 9.72. The summed E-state index contributed by atoms with van der Waals surface area (Å²) in [5.74, 6) is 0.887. The summed E-state index contributed by atoms with van der Waals surface area (Å²) in [6.45, 7) is 6.52. The molecule has 0 radical (unpaired) electrons. The van der Waals surface area contributed by atoms with Gasteiger partial charge in [-0.25, -0.2) is 4.98 Å². The molecule has 1 aliphatic rings. The second-order valence-electron chi connectivity index (χ2n) is 8.23. The lowest BCUT2D eigenvalue weighted by Crippen LogP contribution is -2.40. The van der Waals surface area contributed by atoms with E-state index in [4.69, 9.17) is 4.52 Å². The van der Waals surface area contributed by atoms with Crippen molar-refractivity contribution in [2.75, 3.05) is 5.75 Å². The van der Waals surface area contributed by atoms with E-state index < -0.39 is 0 Å². The Bertz CT molecular complexity index is 1120. The van der Waals surface area contributed by atoms with Gasteiger partial charge in [0.1, 0.15) is 0 Å². The summed E-state index contributed by atoms with van der Waals surface area (Å²) in [7, 11) is 0. The average Bonchev–Trinajstić information content (AvgIpc) is 3.21. The fourth-order valence-corrected chi connectivity index (χ4v) is 4.18. The molecule has 0 fully saturated rings. The number of amides is 1. The van der Waals surface area contributed by atoms with Gasteiger partial charge < -0.3 is 9.84 Å². The van der Waals surface area contributed by atoms with E-state index in [0.29, 0.717) is 29.2 Å². The lowest BCUT2D eigenvalue weighted by Gasteiger charge is -2.26. The molecule has 1 N–H and O–H groups in total. The maximum absolute atomic E-state index is 12.6. The Morgan fingerprint density at radius 3 is 2.77 bits per heavy atom. The fourth-order valence-electron chi connectivity index (χ4n) is 3.09. The molecule has 8 nitrogen and oxygen atoms in total. The summed E-state index contributed by atoms with van der Waals surface area (Å²) in [5, 5.41) is 7.45. The fraction of sp³-hybridized carbons (Fsp3) is 0.381. The Morgan fingerprint density at radius 2 is 2.03 bits per heavy atom. The molecule has 0 spiro atoms. The van der Waals surface area contributed by atoms with Gasteiger partial charge in [-0.05, 0) is 0 Å². The Hall–Kier alpha value is -2.94. The number of carbonyl (C=O) groups is 1. The zero-order valence-corrected chi connectivity index (χ0v) is 17.9. The van der Waals surface area contributed by atoms with E-state index in [0.717, 1.165) is 11.3 Å². The number of carbonyl (C=O) groups excluding carboxylic acids is 1. The highest BCUT2D eigenvalue weighted by molar-refractivity contribution is 7.99. The molecule has 2 aromatic heterocycles. The van der Waals surface area contributed by atoms with Crippen molar-refractivity contribution in [3.63, 3.8) is 0 Å². The zero-order valence-electron chi connectivity index (χ0n) is 17.1. The molecular weight excluding hydrogens is 402 g/mol. The first-order valence-corrected chi connectivity index (χ1v) is 10.7. The molecule has 4 rings (SSSR count). The third-order valence-corrected chi connectivity index (χ3v) is 5.98. The highest BCUT2D eigenvalue weighted by Crippen LogP contribution is 2.28. The monoisotopic (exact) mass is 425 g/mol. The summed E-state index contributed by atoms with van der Waals surface area (Å²) in [6, 6.07) is 11.0. The zero-order chi connectivity index (χ0) is 21.3. The molecule has 3 aromatic rings. The van der Waals surface area contributed by atoms with Gasteiger partial charge in [0.05, 0.1) is 18.2 Å². The van der Waals surface area contributed by atoms with E-state index in [2.05, 4.69) is 20.4 Å². The first kappa shape index (κ1) is 20.3. The van der Waals surface area contributed by atoms with Crippen LogP contribution in [0, 0.1) is 5.92 Å². The minimum atomic E-state index is -0.334. The Kier molecular flexibility index (Phi) is 5.46. The highest BCUT2D eigenvalue weighted by atomic mass is 32.2. The maximum atomic E-state index is 12.6. The third kappa shape index (κ3) is 4.30. The molecule has 1 aliphatic heterocycles. The second kappa shape index (κ2) is 8.06. The quantitative estimate of drug-likeness (QED) is 0.641. The van der Waals surface area contributed by atoms with E-state index in [1.54, 1.807) is 10.6 Å². The normalized spacial score (nSPS) is 16.2. The van der Waals surface area contributed by atoms with Gasteiger partial charge in [-0.3, -0.25) is 14.2 Å². The van der Waals surface area contributed by atoms with Crippen LogP contribution in [-0.4, -0.2) is 31.4 Å². The van der Waals surface area contributed by atoms with Gasteiger partial charge in [0.15, 0.2) is 5.16 Å². The molecule has 156 valence electrons. The lowest BCUT2D eigenvalue weighted by molar-refractivity contribution is -0.125. The van der Waals surface area contributed by atoms with Crippen LogP contribution >= 0.6 is 11.8 Å². The standard InChI is InChI=1S/C21H23N5O3S/c1-21(2,3)15-9-17(27)26-11-14(12-30-20(26)23-15)19(28)22-10-16-24-18(25-29-16)13-7-5-4-6-8-13/h4-9,14H,10-12H2,1-3H3,(H,22,28)/t14-/m0/s1. The molecule has 9 heteroatoms. The van der Waals surface area contributed by atoms with Gasteiger partial charge in [-0.1, -0.05) is 68.0 Å². The van der Waals surface area contributed by atoms with Gasteiger partial charge in [-0.2, -0.15) is 4.98 Å². The van der Waals surface area contributed by atoms with Crippen LogP contribution in [0.5, 0.6) is 0 Å². The van der Waals surface area contributed by atoms with E-state index in [-0.39, 0.29) is 29.3 Å². The van der Waals surface area contributed by atoms with E-state index in [1.807, 2.05) is 51.1 Å². The van der Waals surface area contributed by atoms with Crippen LogP contribution in [-0.2, 0) is 23.3 Å². The van der Waals surface area contributed by atoms with Crippen LogP contribution in [0.2, 0.25) is 0 Å². The number of hydrogen-bond acceptors (Lipinski definition) is 7. The van der Waals surface area contributed by atoms with Crippen LogP contribution in [0.15, 0.2) is 50.9 Å². The molecule has 1 amide bonds. The van der Waals surface area contributed by atoms with Crippen LogP contribution < -0.4 is 10.9 Å². The van der Waals surface area contributed by atoms with Crippen molar-refractivity contribution in [2.24, 2.45) is 5.92 Å². The Balaban J connectivity index is 1.40. The molecule has 1 atom stereocenters. The molecule has 0 saturated carbocycles. The number of nitrogens with one attached hydrogen (secondary N) is 1. The maximum Gasteiger partial charge on any atom is 0.254 e. The van der Waals surface area contributed by atoms with E-state index >= 15 is 0 Å². The minimum Gasteiger partial charge on any atom is -0.347 e. The second-order valence-corrected chi connectivity index (χ2v) is 9.21. The molecule has 0 bridgehead atoms. The van der Waals surface area contributed by atoms with Crippen LogP contribution in [0.1, 0.15) is 32.4 Å². The Labute approximate surface area is 178 Å². The summed E-state index contributed by atoms with van der Waals surface area (Å²) in [4.78, 5) is 34.1. The molecule has 0 saturated heterocycles. The summed E-state index contributed by atoms with van der Waals surface area (Å²) in [5.41, 5.74) is 1.28. The predicted octanol–water partition coefficient (Wildman–Crippen LogP) is 2.63. The summed E-state index contributed by atoms with van der Waals surface area (Å²) < 4.78 is 6.81. The number of nitrogens with zero attached hydrogens (tertiary/aromatic N) is 4. The van der Waals surface area contributed by atoms with Crippen LogP contribution in [0.3, 0.4) is 0 Å². The molecule has 30 heavy (non-hydrogen) atoms. The highest BCUT2D eigenvalue weighted by Gasteiger charge is 2.28. The minimum absolute atomic E-state index is 0.126. The van der Waals surface area contributed by atoms with Crippen molar-refractivity contribution < 1.29 is 9.32 Å². The predicted molar refractivity (Wildman–Crippen MR) is 113 cm³/mol. The van der Waals surface area contributed by atoms with Gasteiger partial charge in [0.25, 0.3) is 5.56 Å². The molecule has 0 unspecified atom stereocenters. The summed E-state index contributed by atoms with van der Waals surface area (Å²) in [6.07, 6.45) is 0. The largest absolute Gasteiger partial charge is 0.347 e. The van der Waals surface area contributed by atoms with Gasteiger partial charge in [0.2, 0.25) is 17.6 Å². The Morgan fingerprint density at radius 1 is 1.27 bits per heavy atom. The number of thioether (sulfide) groups is 1. The number of benzene rings is 1. The number of rotatable bonds is 4. The molecule has 3 heterocycles. The van der Waals surface area contributed by atoms with E-state index in [9.17, 15) is 9.59 Å². The van der Waals surface area contributed by atoms with Crippen LogP contribution in [0.25, 0.3) is 11.4 Å². The summed E-state index contributed by atoms with van der Waals surface area (Å²) >= 11 is 1.43. The first-order chi connectivity index (χ1) is 14.3. The van der Waals surface area contributed by atoms with Crippen LogP contribution in [0.4, 0.5) is 0 Å².